The predicted molar refractivity (Wildman–Crippen MR) is 80.9 cm³/mol. The fraction of sp³-hybridized carbons (Fsp3) is 0.333. The van der Waals surface area contributed by atoms with E-state index in [1.54, 1.807) is 0 Å². The number of benzene rings is 1. The normalized spacial score (nSPS) is 12.0. The van der Waals surface area contributed by atoms with Crippen LogP contribution in [0.5, 0.6) is 0 Å². The second-order valence-electron chi connectivity index (χ2n) is 4.65. The third-order valence-electron chi connectivity index (χ3n) is 3.14. The van der Waals surface area contributed by atoms with Crippen molar-refractivity contribution >= 4 is 11.6 Å². The molecule has 5 heteroatoms. The van der Waals surface area contributed by atoms with Gasteiger partial charge < -0.3 is 15.7 Å². The zero-order chi connectivity index (χ0) is 14.5. The summed E-state index contributed by atoms with van der Waals surface area (Å²) < 4.78 is 0. The van der Waals surface area contributed by atoms with Crippen LogP contribution in [0, 0.1) is 13.8 Å². The van der Waals surface area contributed by atoms with E-state index in [2.05, 4.69) is 20.6 Å². The van der Waals surface area contributed by atoms with Crippen LogP contribution in [0.2, 0.25) is 0 Å². The second kappa shape index (κ2) is 6.34. The van der Waals surface area contributed by atoms with E-state index in [0.29, 0.717) is 12.4 Å². The highest BCUT2D eigenvalue weighted by molar-refractivity contribution is 5.57. The van der Waals surface area contributed by atoms with Crippen LogP contribution in [0.15, 0.2) is 30.3 Å². The van der Waals surface area contributed by atoms with Crippen LogP contribution in [-0.2, 0) is 0 Å². The van der Waals surface area contributed by atoms with E-state index in [4.69, 9.17) is 0 Å². The van der Waals surface area contributed by atoms with Crippen LogP contribution in [0.3, 0.4) is 0 Å². The Bertz CT molecular complexity index is 572. The van der Waals surface area contributed by atoms with Gasteiger partial charge in [0.2, 0.25) is 0 Å². The number of aliphatic hydroxyl groups is 1. The quantitative estimate of drug-likeness (QED) is 0.779. The first-order chi connectivity index (χ1) is 9.61. The van der Waals surface area contributed by atoms with Gasteiger partial charge in [-0.1, -0.05) is 30.3 Å². The molecule has 20 heavy (non-hydrogen) atoms. The topological polar surface area (TPSA) is 70.1 Å². The van der Waals surface area contributed by atoms with Crippen molar-refractivity contribution in [1.82, 2.24) is 9.97 Å². The Labute approximate surface area is 119 Å². The van der Waals surface area contributed by atoms with Crippen molar-refractivity contribution in [2.45, 2.75) is 20.0 Å². The average molecular weight is 272 g/mol. The Morgan fingerprint density at radius 1 is 1.10 bits per heavy atom. The lowest BCUT2D eigenvalue weighted by atomic mass is 10.1. The summed E-state index contributed by atoms with van der Waals surface area (Å²) in [5.41, 5.74) is 1.83. The van der Waals surface area contributed by atoms with Crippen molar-refractivity contribution < 1.29 is 5.11 Å². The molecule has 1 unspecified atom stereocenters. The van der Waals surface area contributed by atoms with Gasteiger partial charge in [-0.2, -0.15) is 0 Å². The number of aryl methyl sites for hydroxylation is 1. The molecule has 0 saturated carbocycles. The first kappa shape index (κ1) is 14.3. The summed E-state index contributed by atoms with van der Waals surface area (Å²) in [6, 6.07) is 9.57. The van der Waals surface area contributed by atoms with Crippen LogP contribution in [-0.4, -0.2) is 28.7 Å². The van der Waals surface area contributed by atoms with Gasteiger partial charge in [-0.05, 0) is 19.4 Å². The summed E-state index contributed by atoms with van der Waals surface area (Å²) in [6.07, 6.45) is -0.566. The SMILES string of the molecule is CNc1nc(C)nc(NCC(O)c2ccccc2)c1C. The van der Waals surface area contributed by atoms with Gasteiger partial charge >= 0.3 is 0 Å². The highest BCUT2D eigenvalue weighted by Gasteiger charge is 2.11. The standard InChI is InChI=1S/C15H20N4O/c1-10-14(16-3)18-11(2)19-15(10)17-9-13(20)12-7-5-4-6-8-12/h4-8,13,20H,9H2,1-3H3,(H2,16,17,18,19). The van der Waals surface area contributed by atoms with E-state index in [1.165, 1.54) is 0 Å². The Balaban J connectivity index is 2.09. The highest BCUT2D eigenvalue weighted by Crippen LogP contribution is 2.20. The molecular formula is C15H20N4O. The average Bonchev–Trinajstić information content (AvgIpc) is 2.48. The van der Waals surface area contributed by atoms with Crippen molar-refractivity contribution in [2.24, 2.45) is 0 Å². The molecule has 0 bridgehead atoms. The molecule has 1 aromatic carbocycles. The summed E-state index contributed by atoms with van der Waals surface area (Å²) in [6.45, 7) is 4.20. The smallest absolute Gasteiger partial charge is 0.134 e. The molecule has 5 nitrogen and oxygen atoms in total. The summed E-state index contributed by atoms with van der Waals surface area (Å²) in [5, 5.41) is 16.4. The molecule has 0 aliphatic heterocycles. The van der Waals surface area contributed by atoms with E-state index in [-0.39, 0.29) is 0 Å². The van der Waals surface area contributed by atoms with Crippen LogP contribution < -0.4 is 10.6 Å². The Morgan fingerprint density at radius 3 is 2.40 bits per heavy atom. The number of aliphatic hydroxyl groups excluding tert-OH is 1. The first-order valence-electron chi connectivity index (χ1n) is 6.61. The van der Waals surface area contributed by atoms with Crippen LogP contribution in [0.1, 0.15) is 23.1 Å². The lowest BCUT2D eigenvalue weighted by molar-refractivity contribution is 0.191. The van der Waals surface area contributed by atoms with Gasteiger partial charge in [0.25, 0.3) is 0 Å². The zero-order valence-electron chi connectivity index (χ0n) is 12.0. The maximum Gasteiger partial charge on any atom is 0.134 e. The number of nitrogens with one attached hydrogen (secondary N) is 2. The number of hydrogen-bond acceptors (Lipinski definition) is 5. The molecule has 0 spiro atoms. The minimum Gasteiger partial charge on any atom is -0.387 e. The largest absolute Gasteiger partial charge is 0.387 e. The molecule has 0 fully saturated rings. The number of nitrogens with zero attached hydrogens (tertiary/aromatic N) is 2. The molecule has 3 N–H and O–H groups in total. The van der Waals surface area contributed by atoms with E-state index in [0.717, 1.165) is 22.8 Å². The van der Waals surface area contributed by atoms with Gasteiger partial charge in [0.15, 0.2) is 0 Å². The molecular weight excluding hydrogens is 252 g/mol. The summed E-state index contributed by atoms with van der Waals surface area (Å²) in [4.78, 5) is 8.69. The Morgan fingerprint density at radius 2 is 1.75 bits per heavy atom. The van der Waals surface area contributed by atoms with Crippen molar-refractivity contribution in [3.05, 3.63) is 47.3 Å². The van der Waals surface area contributed by atoms with Crippen molar-refractivity contribution in [1.29, 1.82) is 0 Å². The number of hydrogen-bond donors (Lipinski definition) is 3. The maximum absolute atomic E-state index is 10.1. The van der Waals surface area contributed by atoms with E-state index < -0.39 is 6.10 Å². The molecule has 106 valence electrons. The maximum atomic E-state index is 10.1. The van der Waals surface area contributed by atoms with Gasteiger partial charge in [-0.15, -0.1) is 0 Å². The fourth-order valence-electron chi connectivity index (χ4n) is 2.03. The molecule has 0 radical (unpaired) electrons. The third-order valence-corrected chi connectivity index (χ3v) is 3.14. The minimum atomic E-state index is -0.566. The van der Waals surface area contributed by atoms with Gasteiger partial charge in [-0.25, -0.2) is 9.97 Å². The van der Waals surface area contributed by atoms with Gasteiger partial charge in [0.1, 0.15) is 17.5 Å². The van der Waals surface area contributed by atoms with Gasteiger partial charge in [0, 0.05) is 19.2 Å². The van der Waals surface area contributed by atoms with Crippen LogP contribution in [0.25, 0.3) is 0 Å². The fourth-order valence-corrected chi connectivity index (χ4v) is 2.03. The first-order valence-corrected chi connectivity index (χ1v) is 6.61. The molecule has 1 atom stereocenters. The Hall–Kier alpha value is -2.14. The summed E-state index contributed by atoms with van der Waals surface area (Å²) in [7, 11) is 1.83. The molecule has 1 heterocycles. The monoisotopic (exact) mass is 272 g/mol. The molecule has 0 saturated heterocycles. The van der Waals surface area contributed by atoms with E-state index in [1.807, 2.05) is 51.2 Å². The zero-order valence-corrected chi connectivity index (χ0v) is 12.0. The number of aromatic nitrogens is 2. The number of anilines is 2. The summed E-state index contributed by atoms with van der Waals surface area (Å²) in [5.74, 6) is 2.24. The lowest BCUT2D eigenvalue weighted by Crippen LogP contribution is -2.15. The molecule has 1 aromatic heterocycles. The van der Waals surface area contributed by atoms with Gasteiger partial charge in [0.05, 0.1) is 6.10 Å². The number of rotatable bonds is 5. The molecule has 0 aliphatic rings. The molecule has 2 rings (SSSR count). The predicted octanol–water partition coefficient (Wildman–Crippen LogP) is 2.28. The van der Waals surface area contributed by atoms with Crippen molar-refractivity contribution in [3.63, 3.8) is 0 Å². The van der Waals surface area contributed by atoms with E-state index in [9.17, 15) is 5.11 Å². The third kappa shape index (κ3) is 3.24. The van der Waals surface area contributed by atoms with Gasteiger partial charge in [-0.3, -0.25) is 0 Å². The summed E-state index contributed by atoms with van der Waals surface area (Å²) >= 11 is 0. The van der Waals surface area contributed by atoms with Crippen molar-refractivity contribution in [2.75, 3.05) is 24.2 Å². The lowest BCUT2D eigenvalue weighted by Gasteiger charge is -2.15. The highest BCUT2D eigenvalue weighted by atomic mass is 16.3. The van der Waals surface area contributed by atoms with Crippen LogP contribution >= 0.6 is 0 Å². The Kier molecular flexibility index (Phi) is 4.53. The van der Waals surface area contributed by atoms with Crippen LogP contribution in [0.4, 0.5) is 11.6 Å². The molecule has 0 aliphatic carbocycles. The molecule has 0 amide bonds. The van der Waals surface area contributed by atoms with E-state index >= 15 is 0 Å². The second-order valence-corrected chi connectivity index (χ2v) is 4.65. The molecule has 2 aromatic rings. The van der Waals surface area contributed by atoms with Crippen molar-refractivity contribution in [3.8, 4) is 0 Å². The minimum absolute atomic E-state index is 0.407.